The lowest BCUT2D eigenvalue weighted by Gasteiger charge is -2.29. The standard InChI is InChI=1S/C32H36F4O3/c1-3-5-19-38-27-16-17-28(32(36)31(27)35)39-20-21-6-8-22(9-7-21)25-14-15-26(30(34)29(25)33)23-10-12-24(13-11-23)37-18-4-2/h10-17,21-22H,3-9,18-20H2,1-2H3. The summed E-state index contributed by atoms with van der Waals surface area (Å²) in [6.07, 6.45) is 5.29. The average molecular weight is 545 g/mol. The first-order chi connectivity index (χ1) is 18.9. The smallest absolute Gasteiger partial charge is 0.204 e. The van der Waals surface area contributed by atoms with Gasteiger partial charge in [0, 0.05) is 5.56 Å². The number of benzene rings is 3. The van der Waals surface area contributed by atoms with Gasteiger partial charge in [0.1, 0.15) is 5.75 Å². The van der Waals surface area contributed by atoms with Gasteiger partial charge in [-0.05, 0) is 85.8 Å². The number of unbranched alkanes of at least 4 members (excludes halogenated alkanes) is 1. The van der Waals surface area contributed by atoms with Gasteiger partial charge in [0.15, 0.2) is 23.1 Å². The predicted octanol–water partition coefficient (Wildman–Crippen LogP) is 9.23. The van der Waals surface area contributed by atoms with Gasteiger partial charge in [-0.15, -0.1) is 0 Å². The van der Waals surface area contributed by atoms with Crippen LogP contribution in [0.3, 0.4) is 0 Å². The van der Waals surface area contributed by atoms with E-state index in [2.05, 4.69) is 0 Å². The Morgan fingerprint density at radius 1 is 0.641 bits per heavy atom. The van der Waals surface area contributed by atoms with Gasteiger partial charge in [-0.25, -0.2) is 8.78 Å². The first-order valence-electron chi connectivity index (χ1n) is 13.9. The van der Waals surface area contributed by atoms with Crippen molar-refractivity contribution < 1.29 is 31.8 Å². The number of hydrogen-bond donors (Lipinski definition) is 0. The van der Waals surface area contributed by atoms with Crippen LogP contribution in [0, 0.1) is 29.2 Å². The van der Waals surface area contributed by atoms with Crippen LogP contribution in [0.4, 0.5) is 17.6 Å². The fourth-order valence-corrected chi connectivity index (χ4v) is 4.96. The summed E-state index contributed by atoms with van der Waals surface area (Å²) in [5.74, 6) is -3.32. The minimum absolute atomic E-state index is 0.108. The van der Waals surface area contributed by atoms with Crippen molar-refractivity contribution in [2.45, 2.75) is 64.7 Å². The predicted molar refractivity (Wildman–Crippen MR) is 145 cm³/mol. The van der Waals surface area contributed by atoms with E-state index in [0.29, 0.717) is 42.9 Å². The molecule has 7 heteroatoms. The number of rotatable bonds is 12. The molecule has 0 unspecified atom stereocenters. The zero-order valence-corrected chi connectivity index (χ0v) is 22.6. The van der Waals surface area contributed by atoms with Crippen LogP contribution in [0.5, 0.6) is 17.2 Å². The SMILES string of the molecule is CCCCOc1ccc(OCC2CCC(c3ccc(-c4ccc(OCCC)cc4)c(F)c3F)CC2)c(F)c1F. The van der Waals surface area contributed by atoms with Crippen LogP contribution < -0.4 is 14.2 Å². The molecule has 0 amide bonds. The summed E-state index contributed by atoms with van der Waals surface area (Å²) in [6.45, 7) is 5.16. The Bertz CT molecular complexity index is 1220. The summed E-state index contributed by atoms with van der Waals surface area (Å²) in [7, 11) is 0. The molecule has 1 aliphatic carbocycles. The van der Waals surface area contributed by atoms with Crippen molar-refractivity contribution in [3.05, 3.63) is 77.4 Å². The van der Waals surface area contributed by atoms with E-state index in [9.17, 15) is 8.78 Å². The van der Waals surface area contributed by atoms with E-state index in [0.717, 1.165) is 32.1 Å². The molecule has 3 nitrogen and oxygen atoms in total. The summed E-state index contributed by atoms with van der Waals surface area (Å²) >= 11 is 0. The third-order valence-corrected chi connectivity index (χ3v) is 7.28. The van der Waals surface area contributed by atoms with E-state index in [1.54, 1.807) is 36.4 Å². The van der Waals surface area contributed by atoms with Gasteiger partial charge in [0.2, 0.25) is 11.6 Å². The van der Waals surface area contributed by atoms with Gasteiger partial charge in [0.05, 0.1) is 19.8 Å². The molecule has 3 aromatic rings. The van der Waals surface area contributed by atoms with Crippen molar-refractivity contribution in [3.63, 3.8) is 0 Å². The van der Waals surface area contributed by atoms with Crippen LogP contribution in [0.25, 0.3) is 11.1 Å². The van der Waals surface area contributed by atoms with Gasteiger partial charge in [-0.1, -0.05) is 44.5 Å². The molecule has 0 N–H and O–H groups in total. The van der Waals surface area contributed by atoms with Crippen LogP contribution >= 0.6 is 0 Å². The minimum Gasteiger partial charge on any atom is -0.494 e. The molecule has 4 rings (SSSR count). The Morgan fingerprint density at radius 3 is 1.95 bits per heavy atom. The highest BCUT2D eigenvalue weighted by Gasteiger charge is 2.27. The highest BCUT2D eigenvalue weighted by atomic mass is 19.2. The second-order valence-corrected chi connectivity index (χ2v) is 10.1. The van der Waals surface area contributed by atoms with Gasteiger partial charge < -0.3 is 14.2 Å². The molecule has 3 aromatic carbocycles. The molecular weight excluding hydrogens is 508 g/mol. The highest BCUT2D eigenvalue weighted by molar-refractivity contribution is 5.65. The summed E-state index contributed by atoms with van der Waals surface area (Å²) < 4.78 is 75.4. The van der Waals surface area contributed by atoms with Crippen LogP contribution in [0.2, 0.25) is 0 Å². The van der Waals surface area contributed by atoms with Gasteiger partial charge >= 0.3 is 0 Å². The van der Waals surface area contributed by atoms with E-state index in [1.165, 1.54) is 12.1 Å². The van der Waals surface area contributed by atoms with Crippen molar-refractivity contribution in [2.75, 3.05) is 19.8 Å². The maximum absolute atomic E-state index is 15.1. The molecule has 1 aliphatic rings. The summed E-state index contributed by atoms with van der Waals surface area (Å²) in [5.41, 5.74) is 1.19. The Kier molecular flexibility index (Phi) is 10.1. The molecule has 0 saturated heterocycles. The monoisotopic (exact) mass is 544 g/mol. The fourth-order valence-electron chi connectivity index (χ4n) is 4.96. The number of ether oxygens (including phenoxy) is 3. The summed E-state index contributed by atoms with van der Waals surface area (Å²) in [6, 6.07) is 13.1. The molecule has 39 heavy (non-hydrogen) atoms. The topological polar surface area (TPSA) is 27.7 Å². The quantitative estimate of drug-likeness (QED) is 0.168. The molecule has 0 bridgehead atoms. The first-order valence-corrected chi connectivity index (χ1v) is 13.9. The lowest BCUT2D eigenvalue weighted by molar-refractivity contribution is 0.190. The first kappa shape index (κ1) is 28.8. The molecule has 0 aromatic heterocycles. The van der Waals surface area contributed by atoms with Crippen molar-refractivity contribution >= 4 is 0 Å². The van der Waals surface area contributed by atoms with E-state index >= 15 is 8.78 Å². The third-order valence-electron chi connectivity index (χ3n) is 7.28. The van der Waals surface area contributed by atoms with E-state index in [1.807, 2.05) is 13.8 Å². The fraction of sp³-hybridized carbons (Fsp3) is 0.438. The van der Waals surface area contributed by atoms with Gasteiger partial charge in [0.25, 0.3) is 0 Å². The Morgan fingerprint density at radius 2 is 1.31 bits per heavy atom. The minimum atomic E-state index is -1.06. The van der Waals surface area contributed by atoms with Crippen LogP contribution in [0.1, 0.15) is 70.3 Å². The van der Waals surface area contributed by atoms with Crippen LogP contribution in [-0.2, 0) is 0 Å². The maximum Gasteiger partial charge on any atom is 0.204 e. The van der Waals surface area contributed by atoms with E-state index < -0.39 is 23.3 Å². The van der Waals surface area contributed by atoms with Gasteiger partial charge in [-0.3, -0.25) is 0 Å². The van der Waals surface area contributed by atoms with Crippen LogP contribution in [0.15, 0.2) is 48.5 Å². The zero-order chi connectivity index (χ0) is 27.8. The average Bonchev–Trinajstić information content (AvgIpc) is 2.96. The highest BCUT2D eigenvalue weighted by Crippen LogP contribution is 2.39. The van der Waals surface area contributed by atoms with E-state index in [-0.39, 0.29) is 35.5 Å². The third kappa shape index (κ3) is 7.06. The van der Waals surface area contributed by atoms with Gasteiger partial charge in [-0.2, -0.15) is 8.78 Å². The van der Waals surface area contributed by atoms with Crippen molar-refractivity contribution in [2.24, 2.45) is 5.92 Å². The second kappa shape index (κ2) is 13.7. The Labute approximate surface area is 228 Å². The lowest BCUT2D eigenvalue weighted by atomic mass is 9.78. The second-order valence-electron chi connectivity index (χ2n) is 10.1. The summed E-state index contributed by atoms with van der Waals surface area (Å²) in [4.78, 5) is 0. The molecule has 0 atom stereocenters. The molecule has 210 valence electrons. The lowest BCUT2D eigenvalue weighted by Crippen LogP contribution is -2.20. The Balaban J connectivity index is 1.33. The van der Waals surface area contributed by atoms with Crippen molar-refractivity contribution in [3.8, 4) is 28.4 Å². The molecule has 0 aliphatic heterocycles. The van der Waals surface area contributed by atoms with E-state index in [4.69, 9.17) is 14.2 Å². The molecule has 0 radical (unpaired) electrons. The normalized spacial score (nSPS) is 17.2. The zero-order valence-electron chi connectivity index (χ0n) is 22.6. The molecule has 1 saturated carbocycles. The largest absolute Gasteiger partial charge is 0.494 e. The van der Waals surface area contributed by atoms with Crippen molar-refractivity contribution in [1.29, 1.82) is 0 Å². The molecule has 1 fully saturated rings. The molecule has 0 spiro atoms. The Hall–Kier alpha value is -3.22. The maximum atomic E-state index is 15.1. The molecule has 0 heterocycles. The van der Waals surface area contributed by atoms with Crippen molar-refractivity contribution in [1.82, 2.24) is 0 Å². The number of halogens is 4. The molecular formula is C32H36F4O3. The summed E-state index contributed by atoms with van der Waals surface area (Å²) in [5, 5.41) is 0. The number of hydrogen-bond acceptors (Lipinski definition) is 3. The van der Waals surface area contributed by atoms with Crippen LogP contribution in [-0.4, -0.2) is 19.8 Å².